The van der Waals surface area contributed by atoms with Gasteiger partial charge < -0.3 is 15.4 Å². The van der Waals surface area contributed by atoms with E-state index in [2.05, 4.69) is 15.6 Å². The smallest absolute Gasteiger partial charge is 0.191 e. The van der Waals surface area contributed by atoms with Gasteiger partial charge in [-0.3, -0.25) is 4.99 Å². The molecule has 5 heteroatoms. The molecule has 0 saturated heterocycles. The minimum absolute atomic E-state index is 0.144. The van der Waals surface area contributed by atoms with Crippen molar-refractivity contribution in [1.82, 2.24) is 10.6 Å². The summed E-state index contributed by atoms with van der Waals surface area (Å²) in [6.07, 6.45) is 2.25. The lowest BCUT2D eigenvalue weighted by Crippen LogP contribution is -2.42. The van der Waals surface area contributed by atoms with Crippen molar-refractivity contribution in [3.8, 4) is 5.75 Å². The largest absolute Gasteiger partial charge is 0.486 e. The topological polar surface area (TPSA) is 45.7 Å². The zero-order valence-electron chi connectivity index (χ0n) is 11.3. The standard InChI is InChI=1S/C14H20FN3O/c1-10(19-13-6-4-3-5-12(13)15)9-17-14(16-2)18-11-7-8-11/h3-6,10-11H,7-9H2,1-2H3,(H2,16,17,18). The van der Waals surface area contributed by atoms with Gasteiger partial charge in [-0.15, -0.1) is 0 Å². The van der Waals surface area contributed by atoms with Crippen LogP contribution in [0, 0.1) is 5.82 Å². The predicted octanol–water partition coefficient (Wildman–Crippen LogP) is 1.92. The molecule has 1 aromatic rings. The van der Waals surface area contributed by atoms with E-state index in [1.165, 1.54) is 18.9 Å². The fourth-order valence-corrected chi connectivity index (χ4v) is 1.65. The normalized spacial score (nSPS) is 16.9. The Morgan fingerprint density at radius 2 is 2.21 bits per heavy atom. The van der Waals surface area contributed by atoms with Crippen LogP contribution < -0.4 is 15.4 Å². The zero-order chi connectivity index (χ0) is 13.7. The number of nitrogens with one attached hydrogen (secondary N) is 2. The highest BCUT2D eigenvalue weighted by molar-refractivity contribution is 5.80. The highest BCUT2D eigenvalue weighted by Gasteiger charge is 2.22. The first kappa shape index (κ1) is 13.6. The maximum Gasteiger partial charge on any atom is 0.191 e. The lowest BCUT2D eigenvalue weighted by Gasteiger charge is -2.17. The van der Waals surface area contributed by atoms with Crippen molar-refractivity contribution in [3.63, 3.8) is 0 Å². The maximum absolute atomic E-state index is 13.4. The van der Waals surface area contributed by atoms with Gasteiger partial charge in [0.15, 0.2) is 17.5 Å². The molecule has 0 bridgehead atoms. The predicted molar refractivity (Wildman–Crippen MR) is 74.0 cm³/mol. The van der Waals surface area contributed by atoms with E-state index in [9.17, 15) is 4.39 Å². The fraction of sp³-hybridized carbons (Fsp3) is 0.500. The summed E-state index contributed by atoms with van der Waals surface area (Å²) >= 11 is 0. The molecule has 0 heterocycles. The zero-order valence-corrected chi connectivity index (χ0v) is 11.3. The number of aliphatic imine (C=N–C) groups is 1. The molecule has 4 nitrogen and oxygen atoms in total. The number of nitrogens with zero attached hydrogens (tertiary/aromatic N) is 1. The van der Waals surface area contributed by atoms with E-state index in [0.29, 0.717) is 12.6 Å². The molecule has 1 aromatic carbocycles. The van der Waals surface area contributed by atoms with E-state index in [1.807, 2.05) is 6.92 Å². The number of rotatable bonds is 5. The lowest BCUT2D eigenvalue weighted by atomic mass is 10.3. The number of guanidine groups is 1. The molecule has 0 aliphatic heterocycles. The molecule has 1 saturated carbocycles. The Morgan fingerprint density at radius 3 is 2.84 bits per heavy atom. The molecule has 1 unspecified atom stereocenters. The molecule has 0 spiro atoms. The van der Waals surface area contributed by atoms with Crippen molar-refractivity contribution < 1.29 is 9.13 Å². The summed E-state index contributed by atoms with van der Waals surface area (Å²) in [5, 5.41) is 6.45. The third kappa shape index (κ3) is 4.43. The average Bonchev–Trinajstić information content (AvgIpc) is 3.21. The molecule has 1 fully saturated rings. The molecule has 2 N–H and O–H groups in total. The maximum atomic E-state index is 13.4. The molecule has 1 aliphatic carbocycles. The van der Waals surface area contributed by atoms with E-state index >= 15 is 0 Å². The number of hydrogen-bond acceptors (Lipinski definition) is 2. The van der Waals surface area contributed by atoms with Crippen LogP contribution in [0.1, 0.15) is 19.8 Å². The second-order valence-corrected chi connectivity index (χ2v) is 4.73. The number of ether oxygens (including phenoxy) is 1. The van der Waals surface area contributed by atoms with Gasteiger partial charge in [-0.25, -0.2) is 4.39 Å². The molecular formula is C14H20FN3O. The van der Waals surface area contributed by atoms with Crippen LogP contribution in [-0.2, 0) is 0 Å². The van der Waals surface area contributed by atoms with Gasteiger partial charge in [0.1, 0.15) is 6.10 Å². The highest BCUT2D eigenvalue weighted by Crippen LogP contribution is 2.18. The molecule has 1 aliphatic rings. The van der Waals surface area contributed by atoms with Crippen molar-refractivity contribution in [2.75, 3.05) is 13.6 Å². The summed E-state index contributed by atoms with van der Waals surface area (Å²) in [6.45, 7) is 2.46. The van der Waals surface area contributed by atoms with Crippen molar-refractivity contribution in [1.29, 1.82) is 0 Å². The van der Waals surface area contributed by atoms with Crippen molar-refractivity contribution in [2.45, 2.75) is 31.9 Å². The van der Waals surface area contributed by atoms with Crippen LogP contribution in [0.4, 0.5) is 4.39 Å². The van der Waals surface area contributed by atoms with Gasteiger partial charge in [0.25, 0.3) is 0 Å². The summed E-state index contributed by atoms with van der Waals surface area (Å²) in [7, 11) is 1.74. The van der Waals surface area contributed by atoms with Gasteiger partial charge in [0.2, 0.25) is 0 Å². The number of halogens is 1. The number of para-hydroxylation sites is 1. The summed E-state index contributed by atoms with van der Waals surface area (Å²) in [4.78, 5) is 4.13. The second kappa shape index (κ2) is 6.41. The highest BCUT2D eigenvalue weighted by atomic mass is 19.1. The first-order valence-electron chi connectivity index (χ1n) is 6.57. The Balaban J connectivity index is 1.77. The van der Waals surface area contributed by atoms with Crippen molar-refractivity contribution in [3.05, 3.63) is 30.1 Å². The van der Waals surface area contributed by atoms with Crippen LogP contribution in [0.25, 0.3) is 0 Å². The van der Waals surface area contributed by atoms with Crippen LogP contribution in [0.3, 0.4) is 0 Å². The van der Waals surface area contributed by atoms with Gasteiger partial charge >= 0.3 is 0 Å². The van der Waals surface area contributed by atoms with Crippen LogP contribution in [0.5, 0.6) is 5.75 Å². The number of hydrogen-bond donors (Lipinski definition) is 2. The van der Waals surface area contributed by atoms with Crippen LogP contribution in [0.15, 0.2) is 29.3 Å². The first-order chi connectivity index (χ1) is 9.19. The number of benzene rings is 1. The molecule has 0 amide bonds. The first-order valence-corrected chi connectivity index (χ1v) is 6.57. The summed E-state index contributed by atoms with van der Waals surface area (Å²) < 4.78 is 19.0. The molecule has 0 aromatic heterocycles. The van der Waals surface area contributed by atoms with Gasteiger partial charge in [0, 0.05) is 13.1 Å². The van der Waals surface area contributed by atoms with Crippen LogP contribution in [0.2, 0.25) is 0 Å². The fourth-order valence-electron chi connectivity index (χ4n) is 1.65. The van der Waals surface area contributed by atoms with Gasteiger partial charge in [-0.2, -0.15) is 0 Å². The van der Waals surface area contributed by atoms with Crippen molar-refractivity contribution >= 4 is 5.96 Å². The Labute approximate surface area is 113 Å². The van der Waals surface area contributed by atoms with Crippen LogP contribution >= 0.6 is 0 Å². The van der Waals surface area contributed by atoms with Crippen LogP contribution in [-0.4, -0.2) is 31.7 Å². The van der Waals surface area contributed by atoms with E-state index in [4.69, 9.17) is 4.74 Å². The van der Waals surface area contributed by atoms with E-state index in [-0.39, 0.29) is 17.7 Å². The average molecular weight is 265 g/mol. The molecule has 2 rings (SSSR count). The van der Waals surface area contributed by atoms with E-state index in [0.717, 1.165) is 5.96 Å². The SMILES string of the molecule is CN=C(NCC(C)Oc1ccccc1F)NC1CC1. The van der Waals surface area contributed by atoms with Crippen molar-refractivity contribution in [2.24, 2.45) is 4.99 Å². The lowest BCUT2D eigenvalue weighted by molar-refractivity contribution is 0.214. The van der Waals surface area contributed by atoms with E-state index in [1.54, 1.807) is 25.2 Å². The molecular weight excluding hydrogens is 245 g/mol. The minimum Gasteiger partial charge on any atom is -0.486 e. The van der Waals surface area contributed by atoms with E-state index < -0.39 is 0 Å². The molecule has 0 radical (unpaired) electrons. The Morgan fingerprint density at radius 1 is 1.47 bits per heavy atom. The molecule has 19 heavy (non-hydrogen) atoms. The molecule has 1 atom stereocenters. The monoisotopic (exact) mass is 265 g/mol. The van der Waals surface area contributed by atoms with Gasteiger partial charge in [0.05, 0.1) is 6.54 Å². The summed E-state index contributed by atoms with van der Waals surface area (Å²) in [5.41, 5.74) is 0. The second-order valence-electron chi connectivity index (χ2n) is 4.73. The minimum atomic E-state index is -0.338. The third-order valence-electron chi connectivity index (χ3n) is 2.86. The summed E-state index contributed by atoms with van der Waals surface area (Å²) in [6, 6.07) is 6.97. The third-order valence-corrected chi connectivity index (χ3v) is 2.86. The summed E-state index contributed by atoms with van der Waals surface area (Å²) in [5.74, 6) is 0.711. The quantitative estimate of drug-likeness (QED) is 0.631. The Bertz CT molecular complexity index is 446. The molecule has 104 valence electrons. The Hall–Kier alpha value is -1.78. The Kier molecular flexibility index (Phi) is 4.60. The van der Waals surface area contributed by atoms with Gasteiger partial charge in [-0.1, -0.05) is 12.1 Å². The van der Waals surface area contributed by atoms with Gasteiger partial charge in [-0.05, 0) is 31.9 Å².